The third kappa shape index (κ3) is 3.01. The fourth-order valence-corrected chi connectivity index (χ4v) is 5.90. The summed E-state index contributed by atoms with van der Waals surface area (Å²) in [5.41, 5.74) is 2.15. The molecule has 2 aromatic heterocycles. The summed E-state index contributed by atoms with van der Waals surface area (Å²) in [5, 5.41) is 5.09. The first kappa shape index (κ1) is 20.8. The van der Waals surface area contributed by atoms with Gasteiger partial charge in [-0.2, -0.15) is 9.61 Å². The predicted molar refractivity (Wildman–Crippen MR) is 115 cm³/mol. The molecule has 4 rings (SSSR count). The second kappa shape index (κ2) is 7.46. The molecule has 0 amide bonds. The van der Waals surface area contributed by atoms with Crippen molar-refractivity contribution in [2.24, 2.45) is 0 Å². The van der Waals surface area contributed by atoms with Crippen molar-refractivity contribution in [3.05, 3.63) is 36.0 Å². The number of aryl methyl sites for hydroxylation is 1. The van der Waals surface area contributed by atoms with Crippen LogP contribution >= 0.6 is 24.2 Å². The molecule has 0 aliphatic carbocycles. The van der Waals surface area contributed by atoms with Crippen molar-refractivity contribution in [1.82, 2.24) is 14.6 Å². The van der Waals surface area contributed by atoms with Gasteiger partial charge in [0.1, 0.15) is 10.7 Å². The highest BCUT2D eigenvalue weighted by atomic mass is 35.5. The van der Waals surface area contributed by atoms with E-state index < -0.39 is 9.84 Å². The minimum Gasteiger partial charge on any atom is -0.368 e. The van der Waals surface area contributed by atoms with Gasteiger partial charge >= 0.3 is 0 Å². The highest BCUT2D eigenvalue weighted by Gasteiger charge is 2.32. The van der Waals surface area contributed by atoms with Crippen molar-refractivity contribution in [1.29, 1.82) is 0 Å². The lowest BCUT2D eigenvalue weighted by Gasteiger charge is -2.35. The van der Waals surface area contributed by atoms with Crippen LogP contribution in [0.1, 0.15) is 5.69 Å². The van der Waals surface area contributed by atoms with Crippen LogP contribution < -0.4 is 9.80 Å². The molecule has 0 saturated carbocycles. The lowest BCUT2D eigenvalue weighted by Crippen LogP contribution is -2.39. The van der Waals surface area contributed by atoms with E-state index in [1.165, 1.54) is 11.8 Å². The summed E-state index contributed by atoms with van der Waals surface area (Å²) in [7, 11) is 0.279. The van der Waals surface area contributed by atoms with E-state index in [0.29, 0.717) is 10.7 Å². The Bertz CT molecular complexity index is 1130. The number of thioether (sulfide) groups is 1. The molecule has 0 atom stereocenters. The van der Waals surface area contributed by atoms with Gasteiger partial charge in [0.15, 0.2) is 16.4 Å². The molecule has 0 N–H and O–H groups in total. The Hall–Kier alpha value is -1.97. The average Bonchev–Trinajstić information content (AvgIpc) is 3.03. The Morgan fingerprint density at radius 3 is 2.36 bits per heavy atom. The number of nitrogens with zero attached hydrogens (tertiary/aromatic N) is 5. The minimum absolute atomic E-state index is 0. The third-order valence-electron chi connectivity index (χ3n) is 4.85. The molecule has 1 aliphatic heterocycles. The van der Waals surface area contributed by atoms with Crippen LogP contribution in [0.5, 0.6) is 0 Å². The fourth-order valence-electron chi connectivity index (χ4n) is 3.49. The molecule has 7 nitrogen and oxygen atoms in total. The Labute approximate surface area is 175 Å². The number of benzene rings is 1. The number of aromatic nitrogens is 3. The fraction of sp³-hybridized carbons (Fsp3) is 0.333. The highest BCUT2D eigenvalue weighted by molar-refractivity contribution is 7.99. The summed E-state index contributed by atoms with van der Waals surface area (Å²) in [6.45, 7) is 3.62. The molecule has 1 aromatic carbocycles. The van der Waals surface area contributed by atoms with Crippen molar-refractivity contribution in [2.45, 2.75) is 21.7 Å². The Morgan fingerprint density at radius 1 is 1.07 bits per heavy atom. The summed E-state index contributed by atoms with van der Waals surface area (Å²) >= 11 is 1.32. The SMILES string of the molecule is CSc1nn2c3c(c(C)nc2c1S(=O)(=O)c1ccccc1)N(C)CCN3C.Cl. The molecule has 0 bridgehead atoms. The first-order valence-corrected chi connectivity index (χ1v) is 11.3. The normalized spacial score (nSPS) is 14.1. The Balaban J connectivity index is 0.00000225. The van der Waals surface area contributed by atoms with Gasteiger partial charge in [-0.1, -0.05) is 18.2 Å². The number of likely N-dealkylation sites (N-methyl/N-ethyl adjacent to an activating group) is 2. The monoisotopic (exact) mass is 439 g/mol. The molecule has 0 unspecified atom stereocenters. The number of sulfone groups is 1. The van der Waals surface area contributed by atoms with Crippen molar-refractivity contribution in [3.8, 4) is 0 Å². The van der Waals surface area contributed by atoms with E-state index in [-0.39, 0.29) is 22.2 Å². The van der Waals surface area contributed by atoms with Crippen molar-refractivity contribution in [2.75, 3.05) is 43.2 Å². The molecular weight excluding hydrogens is 418 g/mol. The standard InChI is InChI=1S/C18H21N5O2S2.ClH/c1-12-14-18(22(3)11-10-21(14)2)23-16(19-12)15(17(20-23)26-4)27(24,25)13-8-6-5-7-9-13;/h5-9H,10-11H2,1-4H3;1H. The Morgan fingerprint density at radius 2 is 1.71 bits per heavy atom. The number of anilines is 2. The minimum atomic E-state index is -3.74. The maximum atomic E-state index is 13.4. The van der Waals surface area contributed by atoms with Gasteiger partial charge in [-0.25, -0.2) is 13.4 Å². The lowest BCUT2D eigenvalue weighted by atomic mass is 10.2. The molecule has 0 fully saturated rings. The summed E-state index contributed by atoms with van der Waals surface area (Å²) in [6, 6.07) is 8.46. The Kier molecular flexibility index (Phi) is 5.53. The zero-order valence-corrected chi connectivity index (χ0v) is 18.5. The van der Waals surface area contributed by atoms with E-state index in [9.17, 15) is 8.42 Å². The maximum Gasteiger partial charge on any atom is 0.213 e. The van der Waals surface area contributed by atoms with E-state index in [2.05, 4.69) is 19.9 Å². The predicted octanol–water partition coefficient (Wildman–Crippen LogP) is 2.90. The number of hydrogen-bond acceptors (Lipinski definition) is 7. The van der Waals surface area contributed by atoms with Gasteiger partial charge in [0.05, 0.1) is 10.6 Å². The van der Waals surface area contributed by atoms with Crippen LogP contribution in [0.25, 0.3) is 5.65 Å². The van der Waals surface area contributed by atoms with Crippen molar-refractivity contribution < 1.29 is 8.42 Å². The molecule has 0 radical (unpaired) electrons. The van der Waals surface area contributed by atoms with Crippen molar-refractivity contribution >= 4 is 51.2 Å². The summed E-state index contributed by atoms with van der Waals surface area (Å²) in [4.78, 5) is 9.34. The number of halogens is 1. The zero-order valence-electron chi connectivity index (χ0n) is 16.1. The van der Waals surface area contributed by atoms with Crippen LogP contribution in [0, 0.1) is 6.92 Å². The summed E-state index contributed by atoms with van der Waals surface area (Å²) < 4.78 is 28.4. The van der Waals surface area contributed by atoms with E-state index >= 15 is 0 Å². The molecule has 3 aromatic rings. The van der Waals surface area contributed by atoms with E-state index in [4.69, 9.17) is 0 Å². The van der Waals surface area contributed by atoms with E-state index in [1.807, 2.05) is 27.3 Å². The summed E-state index contributed by atoms with van der Waals surface area (Å²) in [5.74, 6) is 0.871. The van der Waals surface area contributed by atoms with Gasteiger partial charge in [0.25, 0.3) is 0 Å². The van der Waals surface area contributed by atoms with E-state index in [1.54, 1.807) is 34.8 Å². The van der Waals surface area contributed by atoms with Gasteiger partial charge < -0.3 is 9.80 Å². The molecule has 150 valence electrons. The number of fused-ring (bicyclic) bond motifs is 3. The first-order valence-electron chi connectivity index (χ1n) is 8.56. The zero-order chi connectivity index (χ0) is 19.3. The quantitative estimate of drug-likeness (QED) is 0.581. The third-order valence-corrected chi connectivity index (χ3v) is 7.46. The molecule has 1 aliphatic rings. The van der Waals surface area contributed by atoms with Crippen LogP contribution in [0.3, 0.4) is 0 Å². The molecular formula is C18H22ClN5O2S2. The van der Waals surface area contributed by atoms with Gasteiger partial charge in [-0.15, -0.1) is 24.2 Å². The molecule has 10 heteroatoms. The second-order valence-electron chi connectivity index (χ2n) is 6.60. The van der Waals surface area contributed by atoms with Crippen LogP contribution in [-0.2, 0) is 9.84 Å². The highest BCUT2D eigenvalue weighted by Crippen LogP contribution is 2.39. The van der Waals surface area contributed by atoms with E-state index in [0.717, 1.165) is 30.3 Å². The molecule has 3 heterocycles. The molecule has 28 heavy (non-hydrogen) atoms. The van der Waals surface area contributed by atoms with Gasteiger partial charge in [0.2, 0.25) is 9.84 Å². The molecule has 0 spiro atoms. The first-order chi connectivity index (χ1) is 12.9. The van der Waals surface area contributed by atoms with Crippen molar-refractivity contribution in [3.63, 3.8) is 0 Å². The van der Waals surface area contributed by atoms with Crippen LogP contribution in [0.15, 0.2) is 45.1 Å². The van der Waals surface area contributed by atoms with Gasteiger partial charge in [-0.05, 0) is 25.3 Å². The molecule has 0 saturated heterocycles. The van der Waals surface area contributed by atoms with Crippen LogP contribution in [-0.4, -0.2) is 56.5 Å². The number of hydrogen-bond donors (Lipinski definition) is 0. The summed E-state index contributed by atoms with van der Waals surface area (Å²) in [6.07, 6.45) is 1.83. The lowest BCUT2D eigenvalue weighted by molar-refractivity contribution is 0.594. The van der Waals surface area contributed by atoms with Gasteiger partial charge in [0, 0.05) is 27.2 Å². The maximum absolute atomic E-state index is 13.4. The number of rotatable bonds is 3. The average molecular weight is 440 g/mol. The van der Waals surface area contributed by atoms with Crippen LogP contribution in [0.2, 0.25) is 0 Å². The topological polar surface area (TPSA) is 70.8 Å². The smallest absolute Gasteiger partial charge is 0.213 e. The second-order valence-corrected chi connectivity index (χ2v) is 9.28. The van der Waals surface area contributed by atoms with Crippen LogP contribution in [0.4, 0.5) is 11.5 Å². The largest absolute Gasteiger partial charge is 0.368 e. The van der Waals surface area contributed by atoms with Gasteiger partial charge in [-0.3, -0.25) is 0 Å².